The highest BCUT2D eigenvalue weighted by atomic mass is 14.2. The Morgan fingerprint density at radius 3 is 2.06 bits per heavy atom. The van der Waals surface area contributed by atoms with Gasteiger partial charge in [-0.3, -0.25) is 0 Å². The second-order valence-corrected chi connectivity index (χ2v) is 3.45. The summed E-state index contributed by atoms with van der Waals surface area (Å²) in [7, 11) is 0. The van der Waals surface area contributed by atoms with E-state index in [-0.39, 0.29) is 0 Å². The van der Waals surface area contributed by atoms with Crippen LogP contribution in [0, 0.1) is 11.3 Å². The summed E-state index contributed by atoms with van der Waals surface area (Å²) in [6.07, 6.45) is 3.28. The van der Waals surface area contributed by atoms with Crippen molar-refractivity contribution in [2.75, 3.05) is 0 Å². The Morgan fingerprint density at radius 1 is 0.812 bits per heavy atom. The standard InChI is InChI=1S/C15H11N/c16-12-4-5-13-8-10-15(11-9-13)14-6-2-1-3-7-14/h1-11H. The van der Waals surface area contributed by atoms with Gasteiger partial charge in [0.05, 0.1) is 6.07 Å². The van der Waals surface area contributed by atoms with E-state index < -0.39 is 0 Å². The SMILES string of the molecule is N#CC=Cc1ccc(-c2ccccc2)cc1. The maximum Gasteiger partial charge on any atom is 0.0912 e. The van der Waals surface area contributed by atoms with Crippen molar-refractivity contribution in [2.24, 2.45) is 0 Å². The van der Waals surface area contributed by atoms with E-state index in [1.54, 1.807) is 6.08 Å². The molecule has 0 aliphatic heterocycles. The zero-order chi connectivity index (χ0) is 11.2. The van der Waals surface area contributed by atoms with Gasteiger partial charge in [0.1, 0.15) is 0 Å². The molecule has 0 atom stereocenters. The summed E-state index contributed by atoms with van der Waals surface area (Å²) in [4.78, 5) is 0. The van der Waals surface area contributed by atoms with Gasteiger partial charge in [-0.2, -0.15) is 5.26 Å². The molecular formula is C15H11N. The quantitative estimate of drug-likeness (QED) is 0.682. The Labute approximate surface area is 95.3 Å². The van der Waals surface area contributed by atoms with Gasteiger partial charge in [-0.05, 0) is 22.8 Å². The Balaban J connectivity index is 2.27. The van der Waals surface area contributed by atoms with Crippen LogP contribution in [0.1, 0.15) is 5.56 Å². The molecule has 0 amide bonds. The van der Waals surface area contributed by atoms with Crippen LogP contribution >= 0.6 is 0 Å². The van der Waals surface area contributed by atoms with E-state index in [0.717, 1.165) is 5.56 Å². The molecule has 2 aromatic rings. The van der Waals surface area contributed by atoms with Gasteiger partial charge in [0.2, 0.25) is 0 Å². The summed E-state index contributed by atoms with van der Waals surface area (Å²) in [5.41, 5.74) is 3.44. The van der Waals surface area contributed by atoms with Crippen LogP contribution in [-0.4, -0.2) is 0 Å². The number of allylic oxidation sites excluding steroid dienone is 1. The van der Waals surface area contributed by atoms with E-state index in [9.17, 15) is 0 Å². The molecule has 0 N–H and O–H groups in total. The van der Waals surface area contributed by atoms with Gasteiger partial charge in [0.15, 0.2) is 0 Å². The summed E-state index contributed by atoms with van der Waals surface area (Å²) in [6.45, 7) is 0. The average molecular weight is 205 g/mol. The fourth-order valence-corrected chi connectivity index (χ4v) is 1.55. The number of rotatable bonds is 2. The lowest BCUT2D eigenvalue weighted by Gasteiger charge is -2.01. The Bertz CT molecular complexity index is 516. The van der Waals surface area contributed by atoms with Crippen LogP contribution in [0.3, 0.4) is 0 Å². The molecule has 76 valence electrons. The van der Waals surface area contributed by atoms with Crippen molar-refractivity contribution >= 4 is 6.08 Å². The average Bonchev–Trinajstić information content (AvgIpc) is 2.38. The molecule has 1 heteroatoms. The Kier molecular flexibility index (Phi) is 3.15. The van der Waals surface area contributed by atoms with E-state index in [2.05, 4.69) is 24.3 Å². The zero-order valence-electron chi connectivity index (χ0n) is 8.80. The van der Waals surface area contributed by atoms with Crippen LogP contribution in [0.15, 0.2) is 60.7 Å². The van der Waals surface area contributed by atoms with Gasteiger partial charge in [-0.15, -0.1) is 0 Å². The van der Waals surface area contributed by atoms with E-state index in [1.807, 2.05) is 36.4 Å². The molecule has 0 unspecified atom stereocenters. The lowest BCUT2D eigenvalue weighted by molar-refractivity contribution is 1.53. The van der Waals surface area contributed by atoms with Crippen molar-refractivity contribution in [3.05, 3.63) is 66.2 Å². The van der Waals surface area contributed by atoms with Gasteiger partial charge >= 0.3 is 0 Å². The lowest BCUT2D eigenvalue weighted by atomic mass is 10.0. The van der Waals surface area contributed by atoms with Gasteiger partial charge in [0.25, 0.3) is 0 Å². The molecule has 0 aliphatic carbocycles. The third kappa shape index (κ3) is 2.37. The minimum Gasteiger partial charge on any atom is -0.193 e. The van der Waals surface area contributed by atoms with Crippen molar-refractivity contribution in [3.8, 4) is 17.2 Å². The van der Waals surface area contributed by atoms with Crippen LogP contribution < -0.4 is 0 Å². The van der Waals surface area contributed by atoms with Gasteiger partial charge in [-0.1, -0.05) is 54.6 Å². The van der Waals surface area contributed by atoms with Gasteiger partial charge < -0.3 is 0 Å². The minimum absolute atomic E-state index is 1.04. The normalized spacial score (nSPS) is 10.2. The first-order valence-corrected chi connectivity index (χ1v) is 5.12. The summed E-state index contributed by atoms with van der Waals surface area (Å²) >= 11 is 0. The topological polar surface area (TPSA) is 23.8 Å². The molecule has 0 radical (unpaired) electrons. The van der Waals surface area contributed by atoms with E-state index in [0.29, 0.717) is 0 Å². The van der Waals surface area contributed by atoms with Crippen molar-refractivity contribution < 1.29 is 0 Å². The maximum atomic E-state index is 8.42. The van der Waals surface area contributed by atoms with Crippen molar-refractivity contribution in [1.82, 2.24) is 0 Å². The molecule has 0 aromatic heterocycles. The number of benzene rings is 2. The monoisotopic (exact) mass is 205 g/mol. The zero-order valence-corrected chi connectivity index (χ0v) is 8.80. The van der Waals surface area contributed by atoms with E-state index in [1.165, 1.54) is 17.2 Å². The summed E-state index contributed by atoms with van der Waals surface area (Å²) < 4.78 is 0. The predicted octanol–water partition coefficient (Wildman–Crippen LogP) is 3.89. The highest BCUT2D eigenvalue weighted by molar-refractivity contribution is 5.65. The molecule has 0 saturated carbocycles. The summed E-state index contributed by atoms with van der Waals surface area (Å²) in [6, 6.07) is 20.4. The fraction of sp³-hybridized carbons (Fsp3) is 0. The Hall–Kier alpha value is -2.33. The van der Waals surface area contributed by atoms with Crippen LogP contribution in [-0.2, 0) is 0 Å². The highest BCUT2D eigenvalue weighted by Gasteiger charge is 1.95. The molecule has 0 saturated heterocycles. The molecule has 16 heavy (non-hydrogen) atoms. The van der Waals surface area contributed by atoms with E-state index >= 15 is 0 Å². The van der Waals surface area contributed by atoms with Crippen LogP contribution in [0.2, 0.25) is 0 Å². The van der Waals surface area contributed by atoms with Crippen molar-refractivity contribution in [2.45, 2.75) is 0 Å². The Morgan fingerprint density at radius 2 is 1.44 bits per heavy atom. The smallest absolute Gasteiger partial charge is 0.0912 e. The second-order valence-electron chi connectivity index (χ2n) is 3.45. The molecule has 0 spiro atoms. The lowest BCUT2D eigenvalue weighted by Crippen LogP contribution is -1.77. The van der Waals surface area contributed by atoms with Crippen LogP contribution in [0.5, 0.6) is 0 Å². The third-order valence-electron chi connectivity index (χ3n) is 2.37. The minimum atomic E-state index is 1.04. The fourth-order valence-electron chi connectivity index (χ4n) is 1.55. The van der Waals surface area contributed by atoms with Crippen LogP contribution in [0.25, 0.3) is 17.2 Å². The predicted molar refractivity (Wildman–Crippen MR) is 66.5 cm³/mol. The van der Waals surface area contributed by atoms with E-state index in [4.69, 9.17) is 5.26 Å². The molecule has 2 aromatic carbocycles. The highest BCUT2D eigenvalue weighted by Crippen LogP contribution is 2.19. The molecule has 0 fully saturated rings. The first-order valence-electron chi connectivity index (χ1n) is 5.12. The molecular weight excluding hydrogens is 194 g/mol. The molecule has 0 bridgehead atoms. The first kappa shape index (κ1) is 10.2. The van der Waals surface area contributed by atoms with Gasteiger partial charge in [0, 0.05) is 6.08 Å². The number of nitriles is 1. The molecule has 0 aliphatic rings. The van der Waals surface area contributed by atoms with Crippen molar-refractivity contribution in [3.63, 3.8) is 0 Å². The molecule has 0 heterocycles. The van der Waals surface area contributed by atoms with Crippen molar-refractivity contribution in [1.29, 1.82) is 5.26 Å². The molecule has 2 rings (SSSR count). The number of hydrogen-bond acceptors (Lipinski definition) is 1. The maximum absolute atomic E-state index is 8.42. The van der Waals surface area contributed by atoms with Crippen LogP contribution in [0.4, 0.5) is 0 Å². The number of hydrogen-bond donors (Lipinski definition) is 0. The first-order chi connectivity index (χ1) is 7.90. The molecule has 1 nitrogen and oxygen atoms in total. The second kappa shape index (κ2) is 4.95. The third-order valence-corrected chi connectivity index (χ3v) is 2.37. The summed E-state index contributed by atoms with van der Waals surface area (Å²) in [5, 5.41) is 8.42. The largest absolute Gasteiger partial charge is 0.193 e. The van der Waals surface area contributed by atoms with Gasteiger partial charge in [-0.25, -0.2) is 0 Å². The number of nitrogens with zero attached hydrogens (tertiary/aromatic N) is 1. The summed E-state index contributed by atoms with van der Waals surface area (Å²) in [5.74, 6) is 0.